The van der Waals surface area contributed by atoms with Gasteiger partial charge in [-0.1, -0.05) is 18.2 Å². The predicted octanol–water partition coefficient (Wildman–Crippen LogP) is 3.39. The van der Waals surface area contributed by atoms with Crippen molar-refractivity contribution in [3.63, 3.8) is 0 Å². The van der Waals surface area contributed by atoms with Gasteiger partial charge in [0.05, 0.1) is 0 Å². The lowest BCUT2D eigenvalue weighted by molar-refractivity contribution is -0.144. The van der Waals surface area contributed by atoms with Gasteiger partial charge < -0.3 is 5.32 Å². The number of aromatic amines is 1. The first-order valence-electron chi connectivity index (χ1n) is 7.37. The zero-order chi connectivity index (χ0) is 18.7. The highest BCUT2D eigenvalue weighted by Crippen LogP contribution is 2.26. The van der Waals surface area contributed by atoms with Crippen molar-refractivity contribution in [1.29, 1.82) is 5.41 Å². The molecule has 0 aliphatic heterocycles. The number of hydrogen-bond acceptors (Lipinski definition) is 5. The Labute approximate surface area is 144 Å². The molecular weight excluding hydrogens is 352 g/mol. The number of halogens is 4. The van der Waals surface area contributed by atoms with Crippen molar-refractivity contribution in [2.24, 2.45) is 0 Å². The first kappa shape index (κ1) is 17.5. The SMILES string of the molecule is N=C(c1nc(C(F)(F)F)n[nH]1)c1cccnc1NCc1ccccc1F. The maximum Gasteiger partial charge on any atom is 0.453 e. The Bertz CT molecular complexity index is 934. The number of nitrogens with one attached hydrogen (secondary N) is 3. The summed E-state index contributed by atoms with van der Waals surface area (Å²) in [4.78, 5) is 7.37. The monoisotopic (exact) mass is 364 g/mol. The van der Waals surface area contributed by atoms with Crippen LogP contribution in [0.4, 0.5) is 23.4 Å². The molecule has 2 heterocycles. The first-order chi connectivity index (χ1) is 12.4. The molecule has 26 heavy (non-hydrogen) atoms. The van der Waals surface area contributed by atoms with Crippen molar-refractivity contribution < 1.29 is 17.6 Å². The molecule has 3 N–H and O–H groups in total. The molecule has 3 rings (SSSR count). The van der Waals surface area contributed by atoms with Crippen LogP contribution in [0.5, 0.6) is 0 Å². The number of hydrogen-bond donors (Lipinski definition) is 3. The van der Waals surface area contributed by atoms with E-state index < -0.39 is 17.8 Å². The predicted molar refractivity (Wildman–Crippen MR) is 85.3 cm³/mol. The highest BCUT2D eigenvalue weighted by molar-refractivity contribution is 6.11. The third-order valence-electron chi connectivity index (χ3n) is 3.46. The summed E-state index contributed by atoms with van der Waals surface area (Å²) in [5, 5.41) is 16.2. The van der Waals surface area contributed by atoms with Gasteiger partial charge in [0.1, 0.15) is 17.3 Å². The molecule has 0 unspecified atom stereocenters. The van der Waals surface area contributed by atoms with E-state index in [2.05, 4.69) is 25.5 Å². The van der Waals surface area contributed by atoms with Crippen molar-refractivity contribution in [2.45, 2.75) is 12.7 Å². The second-order valence-corrected chi connectivity index (χ2v) is 5.22. The fraction of sp³-hybridized carbons (Fsp3) is 0.125. The van der Waals surface area contributed by atoms with E-state index in [1.807, 2.05) is 0 Å². The van der Waals surface area contributed by atoms with E-state index >= 15 is 0 Å². The van der Waals surface area contributed by atoms with Crippen molar-refractivity contribution in [1.82, 2.24) is 20.2 Å². The molecule has 0 saturated carbocycles. The molecule has 0 amide bonds. The number of rotatable bonds is 5. The number of alkyl halides is 3. The van der Waals surface area contributed by atoms with Crippen LogP contribution in [-0.2, 0) is 12.7 Å². The molecule has 0 aliphatic rings. The highest BCUT2D eigenvalue weighted by Gasteiger charge is 2.36. The van der Waals surface area contributed by atoms with Crippen LogP contribution in [0.3, 0.4) is 0 Å². The van der Waals surface area contributed by atoms with Gasteiger partial charge in [0.25, 0.3) is 5.82 Å². The number of pyridine rings is 1. The van der Waals surface area contributed by atoms with E-state index in [0.717, 1.165) is 0 Å². The highest BCUT2D eigenvalue weighted by atomic mass is 19.4. The molecule has 0 radical (unpaired) electrons. The average Bonchev–Trinajstić information content (AvgIpc) is 3.11. The van der Waals surface area contributed by atoms with Crippen molar-refractivity contribution in [2.75, 3.05) is 5.32 Å². The Morgan fingerprint density at radius 2 is 1.92 bits per heavy atom. The van der Waals surface area contributed by atoms with Crippen LogP contribution in [0.2, 0.25) is 0 Å². The number of anilines is 1. The lowest BCUT2D eigenvalue weighted by Crippen LogP contribution is -2.12. The topological polar surface area (TPSA) is 90.3 Å². The van der Waals surface area contributed by atoms with E-state index in [4.69, 9.17) is 5.41 Å². The van der Waals surface area contributed by atoms with Gasteiger partial charge >= 0.3 is 6.18 Å². The normalized spacial score (nSPS) is 11.4. The van der Waals surface area contributed by atoms with Crippen LogP contribution < -0.4 is 5.32 Å². The standard InChI is InChI=1S/C16H12F4N6/c17-11-6-2-1-4-9(11)8-23-13-10(5-3-7-22-13)12(21)14-24-15(26-25-14)16(18,19)20/h1-7,21H,8H2,(H,22,23)(H,24,25,26). The third-order valence-corrected chi connectivity index (χ3v) is 3.46. The first-order valence-corrected chi connectivity index (χ1v) is 7.37. The summed E-state index contributed by atoms with van der Waals surface area (Å²) < 4.78 is 51.5. The summed E-state index contributed by atoms with van der Waals surface area (Å²) in [6.07, 6.45) is -3.27. The van der Waals surface area contributed by atoms with Gasteiger partial charge in [-0.05, 0) is 18.2 Å². The van der Waals surface area contributed by atoms with Gasteiger partial charge in [-0.15, -0.1) is 5.10 Å². The van der Waals surface area contributed by atoms with Gasteiger partial charge in [0.15, 0.2) is 5.82 Å². The molecule has 0 spiro atoms. The largest absolute Gasteiger partial charge is 0.453 e. The Hall–Kier alpha value is -3.30. The summed E-state index contributed by atoms with van der Waals surface area (Å²) in [6.45, 7) is 0.0914. The van der Waals surface area contributed by atoms with Crippen molar-refractivity contribution in [3.05, 3.63) is 71.2 Å². The molecule has 0 atom stereocenters. The minimum atomic E-state index is -4.71. The van der Waals surface area contributed by atoms with Crippen LogP contribution in [0, 0.1) is 11.2 Å². The number of benzene rings is 1. The molecule has 0 bridgehead atoms. The minimum Gasteiger partial charge on any atom is -0.365 e. The van der Waals surface area contributed by atoms with E-state index in [-0.39, 0.29) is 29.5 Å². The van der Waals surface area contributed by atoms with Gasteiger partial charge in [0.2, 0.25) is 0 Å². The maximum atomic E-state index is 13.7. The van der Waals surface area contributed by atoms with Crippen LogP contribution in [-0.4, -0.2) is 25.9 Å². The Morgan fingerprint density at radius 3 is 2.62 bits per heavy atom. The molecule has 0 fully saturated rings. The summed E-state index contributed by atoms with van der Waals surface area (Å²) in [7, 11) is 0. The minimum absolute atomic E-state index is 0.0914. The van der Waals surface area contributed by atoms with Gasteiger partial charge in [-0.3, -0.25) is 10.5 Å². The molecule has 2 aromatic heterocycles. The molecular formula is C16H12F4N6. The number of aromatic nitrogens is 4. The van der Waals surface area contributed by atoms with Crippen molar-refractivity contribution in [3.8, 4) is 0 Å². The summed E-state index contributed by atoms with van der Waals surface area (Å²) in [6, 6.07) is 9.15. The summed E-state index contributed by atoms with van der Waals surface area (Å²) in [5.74, 6) is -1.90. The van der Waals surface area contributed by atoms with E-state index in [0.29, 0.717) is 5.56 Å². The Balaban J connectivity index is 1.84. The Kier molecular flexibility index (Phi) is 4.65. The Morgan fingerprint density at radius 1 is 1.15 bits per heavy atom. The fourth-order valence-electron chi connectivity index (χ4n) is 2.20. The molecule has 134 valence electrons. The van der Waals surface area contributed by atoms with Gasteiger partial charge in [-0.25, -0.2) is 14.4 Å². The molecule has 0 aliphatic carbocycles. The lowest BCUT2D eigenvalue weighted by Gasteiger charge is -2.11. The smallest absolute Gasteiger partial charge is 0.365 e. The zero-order valence-electron chi connectivity index (χ0n) is 13.1. The molecule has 1 aromatic carbocycles. The molecule has 0 saturated heterocycles. The molecule has 10 heteroatoms. The zero-order valence-corrected chi connectivity index (χ0v) is 13.1. The number of H-pyrrole nitrogens is 1. The lowest BCUT2D eigenvalue weighted by atomic mass is 10.1. The molecule has 6 nitrogen and oxygen atoms in total. The van der Waals surface area contributed by atoms with E-state index in [1.54, 1.807) is 18.2 Å². The van der Waals surface area contributed by atoms with Crippen LogP contribution in [0.15, 0.2) is 42.6 Å². The van der Waals surface area contributed by atoms with E-state index in [1.165, 1.54) is 24.4 Å². The fourth-order valence-corrected chi connectivity index (χ4v) is 2.20. The van der Waals surface area contributed by atoms with Crippen LogP contribution >= 0.6 is 0 Å². The quantitative estimate of drug-likeness (QED) is 0.478. The van der Waals surface area contributed by atoms with Crippen LogP contribution in [0.1, 0.15) is 22.8 Å². The second kappa shape index (κ2) is 6.90. The van der Waals surface area contributed by atoms with Gasteiger partial charge in [0, 0.05) is 23.9 Å². The van der Waals surface area contributed by atoms with Crippen molar-refractivity contribution >= 4 is 11.5 Å². The molecule has 3 aromatic rings. The average molecular weight is 364 g/mol. The summed E-state index contributed by atoms with van der Waals surface area (Å²) >= 11 is 0. The number of nitrogens with zero attached hydrogens (tertiary/aromatic N) is 3. The van der Waals surface area contributed by atoms with E-state index in [9.17, 15) is 17.6 Å². The van der Waals surface area contributed by atoms with Gasteiger partial charge in [-0.2, -0.15) is 13.2 Å². The maximum absolute atomic E-state index is 13.7. The summed E-state index contributed by atoms with van der Waals surface area (Å²) in [5.41, 5.74) is 0.264. The second-order valence-electron chi connectivity index (χ2n) is 5.22. The van der Waals surface area contributed by atoms with Crippen LogP contribution in [0.25, 0.3) is 0 Å². The third kappa shape index (κ3) is 3.68.